The van der Waals surface area contributed by atoms with Crippen molar-refractivity contribution in [1.29, 1.82) is 0 Å². The van der Waals surface area contributed by atoms with Gasteiger partial charge in [0.1, 0.15) is 0 Å². The Bertz CT molecular complexity index is 747. The van der Waals surface area contributed by atoms with Crippen molar-refractivity contribution in [2.24, 2.45) is 0 Å². The summed E-state index contributed by atoms with van der Waals surface area (Å²) in [6.45, 7) is 18.6. The normalized spacial score (nSPS) is 12.4. The van der Waals surface area contributed by atoms with Gasteiger partial charge >= 0.3 is 161 Å². The van der Waals surface area contributed by atoms with Crippen LogP contribution in [0.5, 0.6) is 0 Å². The number of rotatable bonds is 0. The number of fused-ring (bicyclic) bond motifs is 2. The molecule has 1 aliphatic rings. The molecule has 0 amide bonds. The molecule has 2 aromatic carbocycles. The van der Waals surface area contributed by atoms with Crippen LogP contribution in [0.25, 0.3) is 0 Å². The van der Waals surface area contributed by atoms with E-state index in [1.54, 1.807) is 18.9 Å². The van der Waals surface area contributed by atoms with Crippen LogP contribution in [-0.4, -0.2) is 24.4 Å². The molecule has 0 aromatic heterocycles. The molecule has 0 saturated heterocycles. The van der Waals surface area contributed by atoms with E-state index in [9.17, 15) is 0 Å². The van der Waals surface area contributed by atoms with Crippen LogP contribution in [0.4, 0.5) is 0 Å². The van der Waals surface area contributed by atoms with Gasteiger partial charge in [0.2, 0.25) is 0 Å². The van der Waals surface area contributed by atoms with Gasteiger partial charge in [-0.05, 0) is 0 Å². The summed E-state index contributed by atoms with van der Waals surface area (Å²) in [4.78, 5) is 3.02. The molecule has 28 heavy (non-hydrogen) atoms. The fourth-order valence-corrected chi connectivity index (χ4v) is 8.22. The minimum absolute atomic E-state index is 0.213. The molecule has 2 nitrogen and oxygen atoms in total. The molecule has 0 aliphatic carbocycles. The average molecular weight is 436 g/mol. The minimum atomic E-state index is -0.312. The molecule has 1 heterocycles. The summed E-state index contributed by atoms with van der Waals surface area (Å²) in [6.07, 6.45) is 0. The molecule has 0 saturated carbocycles. The molecule has 4 heteroatoms. The van der Waals surface area contributed by atoms with Gasteiger partial charge < -0.3 is 10.2 Å². The third-order valence-corrected chi connectivity index (χ3v) is 8.69. The Balaban J connectivity index is 0.000000921. The second-order valence-electron chi connectivity index (χ2n) is 9.10. The van der Waals surface area contributed by atoms with Gasteiger partial charge in [-0.2, -0.15) is 0 Å². The predicted octanol–water partition coefficient (Wildman–Crippen LogP) is 4.61. The standard InChI is InChI=1S/C22H28S.2CH4O.Ti/c1-15-9-17(21(3,4)5)13-19(11-15)23-20-12-16(2)10-18(14-20)22(6,7)8;2*1-2;/h9-12H,1-8H3;2*2H,1H3;. The summed E-state index contributed by atoms with van der Waals surface area (Å²) in [5.41, 5.74) is 6.34. The van der Waals surface area contributed by atoms with E-state index < -0.39 is 0 Å². The molecule has 1 aliphatic heterocycles. The van der Waals surface area contributed by atoms with Crippen LogP contribution in [0.15, 0.2) is 34.1 Å². The van der Waals surface area contributed by atoms with Gasteiger partial charge in [0, 0.05) is 14.2 Å². The topological polar surface area (TPSA) is 40.5 Å². The molecular weight excluding hydrogens is 400 g/mol. The Morgan fingerprint density at radius 3 is 1.25 bits per heavy atom. The van der Waals surface area contributed by atoms with Gasteiger partial charge in [-0.3, -0.25) is 0 Å². The summed E-state index contributed by atoms with van der Waals surface area (Å²) < 4.78 is 3.33. The zero-order chi connectivity index (χ0) is 21.9. The molecule has 0 spiro atoms. The number of benzene rings is 2. The summed E-state index contributed by atoms with van der Waals surface area (Å²) in [5, 5.41) is 14.0. The van der Waals surface area contributed by atoms with E-state index in [-0.39, 0.29) is 30.0 Å². The van der Waals surface area contributed by atoms with Crippen molar-refractivity contribution in [2.75, 3.05) is 14.2 Å². The zero-order valence-corrected chi connectivity index (χ0v) is 21.5. The van der Waals surface area contributed by atoms with Gasteiger partial charge in [0.15, 0.2) is 0 Å². The second kappa shape index (κ2) is 9.95. The molecule has 2 aromatic rings. The number of aliphatic hydroxyl groups is 2. The van der Waals surface area contributed by atoms with Crippen molar-refractivity contribution < 1.29 is 29.4 Å². The van der Waals surface area contributed by atoms with Gasteiger partial charge in [0.25, 0.3) is 0 Å². The predicted molar refractivity (Wildman–Crippen MR) is 119 cm³/mol. The fraction of sp³-hybridized carbons (Fsp3) is 0.500. The Morgan fingerprint density at radius 2 is 0.964 bits per heavy atom. The van der Waals surface area contributed by atoms with Gasteiger partial charge in [-0.25, -0.2) is 0 Å². The molecule has 0 radical (unpaired) electrons. The van der Waals surface area contributed by atoms with Crippen LogP contribution < -0.4 is 7.74 Å². The van der Waals surface area contributed by atoms with E-state index >= 15 is 0 Å². The maximum absolute atomic E-state index is 7.00. The third-order valence-electron chi connectivity index (χ3n) is 4.58. The molecule has 2 N–H and O–H groups in total. The number of hydrogen-bond donors (Lipinski definition) is 2. The molecule has 0 atom stereocenters. The zero-order valence-electron chi connectivity index (χ0n) is 19.1. The van der Waals surface area contributed by atoms with E-state index in [2.05, 4.69) is 79.7 Å². The van der Waals surface area contributed by atoms with E-state index in [1.807, 2.05) is 11.8 Å². The first-order valence-corrected chi connectivity index (χ1v) is 12.0. The first-order chi connectivity index (χ1) is 13.0. The van der Waals surface area contributed by atoms with Gasteiger partial charge in [-0.15, -0.1) is 0 Å². The monoisotopic (exact) mass is 436 g/mol. The van der Waals surface area contributed by atoms with Crippen LogP contribution in [0, 0.1) is 13.8 Å². The SMILES string of the molecule is CO.CO.Cc1cc2[c](c(C(C)(C)C)c1)[Ti][c]1c(cc(C)cc1C(C)(C)C)S2. The summed E-state index contributed by atoms with van der Waals surface area (Å²) >= 11 is 1.69. The van der Waals surface area contributed by atoms with Crippen molar-refractivity contribution in [3.05, 3.63) is 46.5 Å². The van der Waals surface area contributed by atoms with Crippen molar-refractivity contribution >= 4 is 19.5 Å². The van der Waals surface area contributed by atoms with Crippen LogP contribution >= 0.6 is 11.8 Å². The molecule has 0 fully saturated rings. The Hall–Kier alpha value is -0.576. The van der Waals surface area contributed by atoms with Crippen LogP contribution in [0.1, 0.15) is 63.8 Å². The first kappa shape index (κ1) is 25.5. The van der Waals surface area contributed by atoms with E-state index in [4.69, 9.17) is 10.2 Å². The summed E-state index contributed by atoms with van der Waals surface area (Å²) in [7, 11) is 2.00. The summed E-state index contributed by atoms with van der Waals surface area (Å²) in [6, 6.07) is 9.67. The van der Waals surface area contributed by atoms with Crippen LogP contribution in [0.2, 0.25) is 0 Å². The van der Waals surface area contributed by atoms with Crippen molar-refractivity contribution in [2.45, 2.75) is 76.0 Å². The first-order valence-electron chi connectivity index (χ1n) is 9.61. The number of aliphatic hydroxyl groups excluding tert-OH is 2. The second-order valence-corrected chi connectivity index (χ2v) is 12.1. The number of hydrogen-bond acceptors (Lipinski definition) is 3. The Kier molecular flexibility index (Phi) is 9.05. The van der Waals surface area contributed by atoms with Crippen molar-refractivity contribution in [3.63, 3.8) is 0 Å². The fourth-order valence-electron chi connectivity index (χ4n) is 3.35. The molecule has 3 rings (SSSR count). The van der Waals surface area contributed by atoms with Crippen molar-refractivity contribution in [1.82, 2.24) is 0 Å². The average Bonchev–Trinajstić information content (AvgIpc) is 2.60. The van der Waals surface area contributed by atoms with Crippen molar-refractivity contribution in [3.8, 4) is 0 Å². The van der Waals surface area contributed by atoms with Gasteiger partial charge in [0.05, 0.1) is 0 Å². The molecule has 0 unspecified atom stereocenters. The van der Waals surface area contributed by atoms with E-state index in [1.165, 1.54) is 20.9 Å². The third kappa shape index (κ3) is 5.74. The summed E-state index contributed by atoms with van der Waals surface area (Å²) in [5.74, 6) is 0. The van der Waals surface area contributed by atoms with Crippen LogP contribution in [-0.2, 0) is 30.0 Å². The molecule has 0 bridgehead atoms. The van der Waals surface area contributed by atoms with E-state index in [0.717, 1.165) is 14.2 Å². The maximum atomic E-state index is 7.00. The quantitative estimate of drug-likeness (QED) is 0.506. The molecular formula is C24H36O2STi. The number of aryl methyl sites for hydroxylation is 2. The Labute approximate surface area is 185 Å². The Morgan fingerprint density at radius 1 is 0.643 bits per heavy atom. The van der Waals surface area contributed by atoms with E-state index in [0.29, 0.717) is 0 Å². The van der Waals surface area contributed by atoms with Crippen LogP contribution in [0.3, 0.4) is 0 Å². The van der Waals surface area contributed by atoms with Gasteiger partial charge in [-0.1, -0.05) is 0 Å². The molecule has 154 valence electrons.